The topological polar surface area (TPSA) is 73.6 Å². The molecule has 0 aliphatic heterocycles. The van der Waals surface area contributed by atoms with Crippen molar-refractivity contribution >= 4 is 5.91 Å². The molecule has 0 aliphatic carbocycles. The van der Waals surface area contributed by atoms with E-state index in [2.05, 4.69) is 5.32 Å². The van der Waals surface area contributed by atoms with Crippen LogP contribution in [0.2, 0.25) is 0 Å². The molecule has 0 spiro atoms. The smallest absolute Gasteiger partial charge is 0.260 e. The lowest BCUT2D eigenvalue weighted by atomic mass is 10.2. The molecule has 17 heavy (non-hydrogen) atoms. The van der Waals surface area contributed by atoms with Gasteiger partial charge in [-0.25, -0.2) is 0 Å². The van der Waals surface area contributed by atoms with Crippen LogP contribution in [0.15, 0.2) is 18.2 Å². The van der Waals surface area contributed by atoms with Crippen LogP contribution >= 0.6 is 0 Å². The van der Waals surface area contributed by atoms with E-state index in [4.69, 9.17) is 15.2 Å². The van der Waals surface area contributed by atoms with Gasteiger partial charge in [-0.15, -0.1) is 0 Å². The minimum atomic E-state index is -0.582. The first kappa shape index (κ1) is 13.3. The molecule has 1 unspecified atom stereocenters. The predicted molar refractivity (Wildman–Crippen MR) is 65.0 cm³/mol. The van der Waals surface area contributed by atoms with Gasteiger partial charge in [0.15, 0.2) is 17.6 Å². The highest BCUT2D eigenvalue weighted by Crippen LogP contribution is 2.28. The minimum Gasteiger partial charge on any atom is -0.493 e. The van der Waals surface area contributed by atoms with Crippen LogP contribution in [0, 0.1) is 0 Å². The number of carbonyl (C=O) groups is 1. The highest BCUT2D eigenvalue weighted by Gasteiger charge is 2.15. The van der Waals surface area contributed by atoms with Crippen molar-refractivity contribution in [3.05, 3.63) is 23.8 Å². The predicted octanol–water partition coefficient (Wildman–Crippen LogP) is 0.667. The van der Waals surface area contributed by atoms with Crippen LogP contribution in [-0.2, 0) is 11.3 Å². The van der Waals surface area contributed by atoms with Crippen molar-refractivity contribution in [1.82, 2.24) is 5.32 Å². The number of likely N-dealkylation sites (N-methyl/N-ethyl adjacent to an activating group) is 1. The quantitative estimate of drug-likeness (QED) is 0.790. The van der Waals surface area contributed by atoms with Gasteiger partial charge < -0.3 is 20.5 Å². The number of benzene rings is 1. The van der Waals surface area contributed by atoms with Gasteiger partial charge in [0, 0.05) is 13.6 Å². The van der Waals surface area contributed by atoms with Crippen LogP contribution in [0.25, 0.3) is 0 Å². The lowest BCUT2D eigenvalue weighted by molar-refractivity contribution is -0.126. The normalized spacial score (nSPS) is 11.8. The van der Waals surface area contributed by atoms with E-state index in [1.165, 1.54) is 0 Å². The average molecular weight is 238 g/mol. The Balaban J connectivity index is 2.91. The maximum atomic E-state index is 11.4. The Hall–Kier alpha value is -1.75. The zero-order chi connectivity index (χ0) is 12.8. The molecule has 1 amide bonds. The summed E-state index contributed by atoms with van der Waals surface area (Å²) in [6.45, 7) is 2.09. The third-order valence-electron chi connectivity index (χ3n) is 2.38. The lowest BCUT2D eigenvalue weighted by Crippen LogP contribution is -2.33. The Labute approximate surface area is 101 Å². The van der Waals surface area contributed by atoms with E-state index in [-0.39, 0.29) is 5.91 Å². The summed E-state index contributed by atoms with van der Waals surface area (Å²) in [6, 6.07) is 5.41. The van der Waals surface area contributed by atoms with E-state index >= 15 is 0 Å². The standard InChI is InChI=1S/C12H18N2O3/c1-8(12(15)14-2)17-11-6-9(7-13)4-5-10(11)16-3/h4-6,8H,7,13H2,1-3H3,(H,14,15). The second-order valence-corrected chi connectivity index (χ2v) is 3.56. The third kappa shape index (κ3) is 3.35. The summed E-state index contributed by atoms with van der Waals surface area (Å²) in [4.78, 5) is 11.4. The molecule has 3 N–H and O–H groups in total. The largest absolute Gasteiger partial charge is 0.493 e. The summed E-state index contributed by atoms with van der Waals surface area (Å²) < 4.78 is 10.7. The van der Waals surface area contributed by atoms with Gasteiger partial charge in [0.25, 0.3) is 5.91 Å². The highest BCUT2D eigenvalue weighted by molar-refractivity contribution is 5.80. The third-order valence-corrected chi connectivity index (χ3v) is 2.38. The number of methoxy groups -OCH3 is 1. The van der Waals surface area contributed by atoms with E-state index in [9.17, 15) is 4.79 Å². The summed E-state index contributed by atoms with van der Waals surface area (Å²) in [5.41, 5.74) is 6.47. The number of hydrogen-bond acceptors (Lipinski definition) is 4. The van der Waals surface area contributed by atoms with Gasteiger partial charge in [-0.05, 0) is 24.6 Å². The van der Waals surface area contributed by atoms with Gasteiger partial charge in [0.05, 0.1) is 7.11 Å². The second kappa shape index (κ2) is 6.10. The molecule has 94 valence electrons. The SMILES string of the molecule is CNC(=O)C(C)Oc1cc(CN)ccc1OC. The second-order valence-electron chi connectivity index (χ2n) is 3.56. The van der Waals surface area contributed by atoms with E-state index in [0.717, 1.165) is 5.56 Å². The van der Waals surface area contributed by atoms with Gasteiger partial charge in [-0.3, -0.25) is 4.79 Å². The van der Waals surface area contributed by atoms with Crippen LogP contribution in [-0.4, -0.2) is 26.2 Å². The summed E-state index contributed by atoms with van der Waals surface area (Å²) in [7, 11) is 3.12. The first-order valence-electron chi connectivity index (χ1n) is 5.37. The fourth-order valence-corrected chi connectivity index (χ4v) is 1.39. The van der Waals surface area contributed by atoms with E-state index in [0.29, 0.717) is 18.0 Å². The van der Waals surface area contributed by atoms with Crippen molar-refractivity contribution in [3.8, 4) is 11.5 Å². The first-order chi connectivity index (χ1) is 8.12. The van der Waals surface area contributed by atoms with Crippen molar-refractivity contribution in [2.45, 2.75) is 19.6 Å². The number of ether oxygens (including phenoxy) is 2. The first-order valence-corrected chi connectivity index (χ1v) is 5.37. The summed E-state index contributed by atoms with van der Waals surface area (Å²) >= 11 is 0. The van der Waals surface area contributed by atoms with Crippen molar-refractivity contribution in [2.24, 2.45) is 5.73 Å². The van der Waals surface area contributed by atoms with E-state index < -0.39 is 6.10 Å². The summed E-state index contributed by atoms with van der Waals surface area (Å²) in [6.07, 6.45) is -0.582. The molecule has 1 rings (SSSR count). The molecule has 5 nitrogen and oxygen atoms in total. The Morgan fingerprint density at radius 3 is 2.71 bits per heavy atom. The van der Waals surface area contributed by atoms with Crippen molar-refractivity contribution < 1.29 is 14.3 Å². The Morgan fingerprint density at radius 1 is 1.47 bits per heavy atom. The fraction of sp³-hybridized carbons (Fsp3) is 0.417. The van der Waals surface area contributed by atoms with Crippen LogP contribution in [0.1, 0.15) is 12.5 Å². The zero-order valence-corrected chi connectivity index (χ0v) is 10.3. The monoisotopic (exact) mass is 238 g/mol. The Kier molecular flexibility index (Phi) is 4.78. The molecular weight excluding hydrogens is 220 g/mol. The molecule has 0 bridgehead atoms. The molecule has 0 fully saturated rings. The molecule has 0 radical (unpaired) electrons. The number of nitrogens with two attached hydrogens (primary N) is 1. The van der Waals surface area contributed by atoms with Gasteiger partial charge in [-0.2, -0.15) is 0 Å². The van der Waals surface area contributed by atoms with Crippen LogP contribution in [0.4, 0.5) is 0 Å². The van der Waals surface area contributed by atoms with Gasteiger partial charge in [0.2, 0.25) is 0 Å². The van der Waals surface area contributed by atoms with Gasteiger partial charge in [0.1, 0.15) is 0 Å². The average Bonchev–Trinajstić information content (AvgIpc) is 2.37. The molecule has 0 aromatic heterocycles. The number of nitrogens with one attached hydrogen (secondary N) is 1. The van der Waals surface area contributed by atoms with Gasteiger partial charge >= 0.3 is 0 Å². The molecule has 1 aromatic rings. The summed E-state index contributed by atoms with van der Waals surface area (Å²) in [5, 5.41) is 2.52. The number of amides is 1. The number of carbonyl (C=O) groups excluding carboxylic acids is 1. The van der Waals surface area contributed by atoms with E-state index in [1.807, 2.05) is 6.07 Å². The maximum absolute atomic E-state index is 11.4. The highest BCUT2D eigenvalue weighted by atomic mass is 16.5. The molecule has 1 atom stereocenters. The van der Waals surface area contributed by atoms with Gasteiger partial charge in [-0.1, -0.05) is 6.07 Å². The molecule has 0 aliphatic rings. The van der Waals surface area contributed by atoms with E-state index in [1.54, 1.807) is 33.2 Å². The van der Waals surface area contributed by atoms with Crippen LogP contribution < -0.4 is 20.5 Å². The van der Waals surface area contributed by atoms with Crippen molar-refractivity contribution in [2.75, 3.05) is 14.2 Å². The zero-order valence-electron chi connectivity index (χ0n) is 10.3. The number of rotatable bonds is 5. The maximum Gasteiger partial charge on any atom is 0.260 e. The number of hydrogen-bond donors (Lipinski definition) is 2. The lowest BCUT2D eigenvalue weighted by Gasteiger charge is -2.16. The molecule has 5 heteroatoms. The van der Waals surface area contributed by atoms with Crippen LogP contribution in [0.5, 0.6) is 11.5 Å². The molecule has 1 aromatic carbocycles. The van der Waals surface area contributed by atoms with Crippen LogP contribution in [0.3, 0.4) is 0 Å². The molecule has 0 saturated heterocycles. The minimum absolute atomic E-state index is 0.190. The van der Waals surface area contributed by atoms with Crippen molar-refractivity contribution in [1.29, 1.82) is 0 Å². The van der Waals surface area contributed by atoms with Crippen molar-refractivity contribution in [3.63, 3.8) is 0 Å². The molecule has 0 heterocycles. The molecular formula is C12H18N2O3. The molecule has 0 saturated carbocycles. The fourth-order valence-electron chi connectivity index (χ4n) is 1.39. The Morgan fingerprint density at radius 2 is 2.18 bits per heavy atom. The Bertz CT molecular complexity index is 393. The summed E-state index contributed by atoms with van der Waals surface area (Å²) in [5.74, 6) is 0.912.